The van der Waals surface area contributed by atoms with Gasteiger partial charge in [-0.05, 0) is 0 Å². The van der Waals surface area contributed by atoms with Crippen molar-refractivity contribution in [3.63, 3.8) is 0 Å². The number of halogens is 15. The predicted octanol–water partition coefficient (Wildman–Crippen LogP) is 3.82. The lowest BCUT2D eigenvalue weighted by Gasteiger charge is -2.34. The van der Waals surface area contributed by atoms with Gasteiger partial charge >= 0.3 is 46.0 Å². The number of aliphatic hydroxyl groups is 1. The Morgan fingerprint density at radius 2 is 1.00 bits per heavy atom. The van der Waals surface area contributed by atoms with Crippen molar-refractivity contribution in [3.05, 3.63) is 0 Å². The van der Waals surface area contributed by atoms with E-state index in [-0.39, 0.29) is 0 Å². The topological polar surface area (TPSA) is 63.6 Å². The van der Waals surface area contributed by atoms with E-state index in [1.165, 1.54) is 4.74 Å². The Morgan fingerprint density at radius 3 is 1.19 bits per heavy atom. The SMILES string of the molecule is O=S(=O)(F)C(F)(F)C(F)(F)C(F)(F)C(F)(F)OC(F)(F)F.OCC(F)(F)F. The van der Waals surface area contributed by atoms with Gasteiger partial charge in [-0.3, -0.25) is 0 Å². The normalized spacial score (nSPS) is 15.3. The maximum absolute atomic E-state index is 12.5. The Balaban J connectivity index is 0. The Labute approximate surface area is 137 Å². The third-order valence-electron chi connectivity index (χ3n) is 1.85. The van der Waals surface area contributed by atoms with Gasteiger partial charge in [-0.2, -0.15) is 56.7 Å². The van der Waals surface area contributed by atoms with Gasteiger partial charge in [0.2, 0.25) is 0 Å². The molecule has 0 amide bonds. The highest BCUT2D eigenvalue weighted by atomic mass is 32.3. The van der Waals surface area contributed by atoms with Gasteiger partial charge in [-0.15, -0.1) is 13.2 Å². The number of hydrogen-bond donors (Lipinski definition) is 1. The van der Waals surface area contributed by atoms with E-state index < -0.39 is 52.6 Å². The average Bonchev–Trinajstić information content (AvgIpc) is 2.33. The van der Waals surface area contributed by atoms with Gasteiger partial charge in [0.05, 0.1) is 0 Å². The highest BCUT2D eigenvalue weighted by Crippen LogP contribution is 2.55. The maximum atomic E-state index is 12.5. The fourth-order valence-corrected chi connectivity index (χ4v) is 1.16. The van der Waals surface area contributed by atoms with Crippen LogP contribution in [0.25, 0.3) is 0 Å². The Morgan fingerprint density at radius 1 is 0.704 bits per heavy atom. The van der Waals surface area contributed by atoms with Crippen LogP contribution >= 0.6 is 0 Å². The number of alkyl halides is 14. The second-order valence-corrected chi connectivity index (χ2v) is 5.33. The van der Waals surface area contributed by atoms with Crippen molar-refractivity contribution < 1.29 is 83.6 Å². The van der Waals surface area contributed by atoms with E-state index in [1.807, 2.05) is 0 Å². The van der Waals surface area contributed by atoms with Gasteiger partial charge in [-0.1, -0.05) is 3.89 Å². The van der Waals surface area contributed by atoms with E-state index in [1.54, 1.807) is 0 Å². The summed E-state index contributed by atoms with van der Waals surface area (Å²) >= 11 is 0. The van der Waals surface area contributed by atoms with Gasteiger partial charge in [0.1, 0.15) is 6.61 Å². The molecule has 0 bridgehead atoms. The average molecular weight is 468 g/mol. The lowest BCUT2D eigenvalue weighted by atomic mass is 10.1. The van der Waals surface area contributed by atoms with Crippen molar-refractivity contribution in [3.8, 4) is 0 Å². The molecule has 0 saturated carbocycles. The first-order chi connectivity index (χ1) is 11.3. The summed E-state index contributed by atoms with van der Waals surface area (Å²) in [6, 6.07) is 0. The van der Waals surface area contributed by atoms with E-state index in [9.17, 15) is 73.8 Å². The summed E-state index contributed by atoms with van der Waals surface area (Å²) in [5, 5.41) is -0.179. The first-order valence-corrected chi connectivity index (χ1v) is 6.55. The van der Waals surface area contributed by atoms with E-state index >= 15 is 0 Å². The van der Waals surface area contributed by atoms with Crippen molar-refractivity contribution in [2.45, 2.75) is 35.7 Å². The summed E-state index contributed by atoms with van der Waals surface area (Å²) in [7, 11) is -7.88. The summed E-state index contributed by atoms with van der Waals surface area (Å²) in [5.74, 6) is -15.5. The molecule has 0 fully saturated rings. The molecular formula is C7H3F15O4S. The molecular weight excluding hydrogens is 465 g/mol. The van der Waals surface area contributed by atoms with E-state index in [0.29, 0.717) is 0 Å². The summed E-state index contributed by atoms with van der Waals surface area (Å²) in [4.78, 5) is 0. The van der Waals surface area contributed by atoms with Crippen LogP contribution in [-0.2, 0) is 15.0 Å². The van der Waals surface area contributed by atoms with Crippen molar-refractivity contribution in [2.75, 3.05) is 6.61 Å². The second-order valence-electron chi connectivity index (χ2n) is 3.94. The first-order valence-electron chi connectivity index (χ1n) is 5.17. The minimum Gasteiger partial charge on any atom is -0.387 e. The Bertz CT molecular complexity index is 588. The Kier molecular flexibility index (Phi) is 7.97. The van der Waals surface area contributed by atoms with Crippen LogP contribution in [0.15, 0.2) is 0 Å². The number of rotatable bonds is 5. The Hall–Kier alpha value is -1.18. The van der Waals surface area contributed by atoms with Crippen LogP contribution < -0.4 is 0 Å². The molecule has 0 aromatic carbocycles. The second kappa shape index (κ2) is 7.68. The predicted molar refractivity (Wildman–Crippen MR) is 50.1 cm³/mol. The molecule has 0 rings (SSSR count). The molecule has 0 atom stereocenters. The minimum atomic E-state index is -7.88. The zero-order valence-corrected chi connectivity index (χ0v) is 12.3. The molecule has 166 valence electrons. The van der Waals surface area contributed by atoms with Crippen LogP contribution in [0.2, 0.25) is 0 Å². The molecule has 0 saturated heterocycles. The molecule has 0 unspecified atom stereocenters. The molecule has 27 heavy (non-hydrogen) atoms. The number of aliphatic hydroxyl groups excluding tert-OH is 1. The molecule has 0 heterocycles. The molecule has 1 N–H and O–H groups in total. The van der Waals surface area contributed by atoms with Crippen LogP contribution in [0.1, 0.15) is 0 Å². The maximum Gasteiger partial charge on any atom is 0.527 e. The van der Waals surface area contributed by atoms with E-state index in [2.05, 4.69) is 0 Å². The van der Waals surface area contributed by atoms with Crippen LogP contribution in [0.4, 0.5) is 65.4 Å². The van der Waals surface area contributed by atoms with Gasteiger partial charge in [0.25, 0.3) is 0 Å². The first kappa shape index (κ1) is 28.0. The molecule has 0 aromatic heterocycles. The zero-order chi connectivity index (χ0) is 22.9. The fraction of sp³-hybridized carbons (Fsp3) is 1.00. The standard InChI is InChI=1S/C5F12O3S.C2H3F3O/c6-1(7,3(10,11)20-5(14,15)16)2(8,9)4(12,13)21(17,18)19;3-2(4,5)1-6/h;6H,1H2. The summed E-state index contributed by atoms with van der Waals surface area (Å²) in [5.41, 5.74) is 0. The third kappa shape index (κ3) is 6.73. The van der Waals surface area contributed by atoms with Crippen LogP contribution in [0.3, 0.4) is 0 Å². The van der Waals surface area contributed by atoms with Crippen molar-refractivity contribution in [2.24, 2.45) is 0 Å². The number of hydrogen-bond acceptors (Lipinski definition) is 4. The monoisotopic (exact) mass is 468 g/mol. The van der Waals surface area contributed by atoms with Gasteiger partial charge in [0, 0.05) is 0 Å². The van der Waals surface area contributed by atoms with Crippen molar-refractivity contribution in [1.29, 1.82) is 0 Å². The highest BCUT2D eigenvalue weighted by molar-refractivity contribution is 7.87. The summed E-state index contributed by atoms with van der Waals surface area (Å²) < 4.78 is 197. The van der Waals surface area contributed by atoms with Crippen LogP contribution in [0.5, 0.6) is 0 Å². The molecule has 20 heteroatoms. The van der Waals surface area contributed by atoms with E-state index in [4.69, 9.17) is 5.11 Å². The van der Waals surface area contributed by atoms with Crippen LogP contribution in [0, 0.1) is 0 Å². The molecule has 0 aliphatic carbocycles. The smallest absolute Gasteiger partial charge is 0.387 e. The molecule has 0 aromatic rings. The minimum absolute atomic E-state index is 1.27. The molecule has 0 spiro atoms. The molecule has 4 nitrogen and oxygen atoms in total. The van der Waals surface area contributed by atoms with Gasteiger partial charge in [-0.25, -0.2) is 4.74 Å². The largest absolute Gasteiger partial charge is 0.527 e. The van der Waals surface area contributed by atoms with Crippen LogP contribution in [-0.4, -0.2) is 55.9 Å². The highest BCUT2D eigenvalue weighted by Gasteiger charge is 2.86. The third-order valence-corrected chi connectivity index (χ3v) is 2.72. The lowest BCUT2D eigenvalue weighted by Crippen LogP contribution is -2.65. The van der Waals surface area contributed by atoms with Gasteiger partial charge < -0.3 is 5.11 Å². The molecule has 0 radical (unpaired) electrons. The lowest BCUT2D eigenvalue weighted by molar-refractivity contribution is -0.492. The quantitative estimate of drug-likeness (QED) is 0.493. The fourth-order valence-electron chi connectivity index (χ4n) is 0.728. The van der Waals surface area contributed by atoms with E-state index in [0.717, 1.165) is 0 Å². The molecule has 0 aliphatic heterocycles. The van der Waals surface area contributed by atoms with Crippen molar-refractivity contribution in [1.82, 2.24) is 0 Å². The summed E-state index contributed by atoms with van der Waals surface area (Å²) in [6.07, 6.45) is -18.4. The summed E-state index contributed by atoms with van der Waals surface area (Å²) in [6.45, 7) is -1.73. The van der Waals surface area contributed by atoms with Gasteiger partial charge in [0.15, 0.2) is 0 Å². The molecule has 0 aliphatic rings. The van der Waals surface area contributed by atoms with Crippen molar-refractivity contribution >= 4 is 10.2 Å². The zero-order valence-electron chi connectivity index (χ0n) is 11.5. The number of ether oxygens (including phenoxy) is 1.